The van der Waals surface area contributed by atoms with Crippen LogP contribution in [0.1, 0.15) is 23.8 Å². The third-order valence-electron chi connectivity index (χ3n) is 3.36. The van der Waals surface area contributed by atoms with Crippen LogP contribution < -0.4 is 4.90 Å². The van der Waals surface area contributed by atoms with Gasteiger partial charge >= 0.3 is 11.9 Å². The van der Waals surface area contributed by atoms with Crippen LogP contribution in [0.4, 0.5) is 5.82 Å². The summed E-state index contributed by atoms with van der Waals surface area (Å²) in [4.78, 5) is 24.2. The smallest absolute Gasteiger partial charge is 0.358 e. The van der Waals surface area contributed by atoms with Gasteiger partial charge in [-0.3, -0.25) is 4.79 Å². The lowest BCUT2D eigenvalue weighted by molar-refractivity contribution is -0.146. The summed E-state index contributed by atoms with van der Waals surface area (Å²) in [5.41, 5.74) is -0.630. The zero-order chi connectivity index (χ0) is 14.0. The number of methoxy groups -OCH3 is 1. The van der Waals surface area contributed by atoms with E-state index in [2.05, 4.69) is 14.9 Å². The predicted octanol–water partition coefficient (Wildman–Crippen LogP) is 0.564. The number of carboxylic acids is 1. The average Bonchev–Trinajstić information content (AvgIpc) is 2.82. The maximum Gasteiger partial charge on any atom is 0.358 e. The van der Waals surface area contributed by atoms with Crippen molar-refractivity contribution >= 4 is 17.8 Å². The molecule has 0 radical (unpaired) electrons. The van der Waals surface area contributed by atoms with Crippen molar-refractivity contribution in [3.05, 3.63) is 17.8 Å². The van der Waals surface area contributed by atoms with Gasteiger partial charge in [0.15, 0.2) is 11.5 Å². The van der Waals surface area contributed by atoms with E-state index in [0.717, 1.165) is 0 Å². The fourth-order valence-corrected chi connectivity index (χ4v) is 2.04. The monoisotopic (exact) mass is 265 g/mol. The van der Waals surface area contributed by atoms with Crippen molar-refractivity contribution in [2.45, 2.75) is 13.3 Å². The maximum atomic E-state index is 11.2. The molecule has 1 atom stereocenters. The second-order valence-corrected chi connectivity index (χ2v) is 4.81. The van der Waals surface area contributed by atoms with Crippen molar-refractivity contribution in [3.63, 3.8) is 0 Å². The number of ether oxygens (including phenoxy) is 1. The van der Waals surface area contributed by atoms with E-state index in [1.165, 1.54) is 13.2 Å². The highest BCUT2D eigenvalue weighted by Gasteiger charge is 2.41. The zero-order valence-corrected chi connectivity index (χ0v) is 10.8. The van der Waals surface area contributed by atoms with E-state index < -0.39 is 17.4 Å². The first-order chi connectivity index (χ1) is 8.96. The van der Waals surface area contributed by atoms with E-state index >= 15 is 0 Å². The van der Waals surface area contributed by atoms with Crippen molar-refractivity contribution in [1.82, 2.24) is 10.2 Å². The molecule has 1 unspecified atom stereocenters. The first kappa shape index (κ1) is 13.3. The number of nitrogens with zero attached hydrogens (tertiary/aromatic N) is 3. The first-order valence-electron chi connectivity index (χ1n) is 5.87. The van der Waals surface area contributed by atoms with Gasteiger partial charge < -0.3 is 14.7 Å². The van der Waals surface area contributed by atoms with Gasteiger partial charge in [-0.05, 0) is 25.5 Å². The Morgan fingerprint density at radius 3 is 2.63 bits per heavy atom. The molecule has 0 amide bonds. The quantitative estimate of drug-likeness (QED) is 0.798. The molecule has 19 heavy (non-hydrogen) atoms. The van der Waals surface area contributed by atoms with E-state index in [9.17, 15) is 9.59 Å². The lowest BCUT2D eigenvalue weighted by atomic mass is 9.90. The SMILES string of the molecule is COC(=O)c1ccc(N2CCC(C)(C(=O)O)C2)nn1. The number of esters is 1. The summed E-state index contributed by atoms with van der Waals surface area (Å²) in [5.74, 6) is -0.789. The molecule has 1 aromatic heterocycles. The van der Waals surface area contributed by atoms with E-state index in [1.807, 2.05) is 4.90 Å². The van der Waals surface area contributed by atoms with Crippen molar-refractivity contribution in [1.29, 1.82) is 0 Å². The largest absolute Gasteiger partial charge is 0.481 e. The van der Waals surface area contributed by atoms with Gasteiger partial charge in [0.2, 0.25) is 0 Å². The van der Waals surface area contributed by atoms with Gasteiger partial charge in [0.25, 0.3) is 0 Å². The molecule has 2 rings (SSSR count). The summed E-state index contributed by atoms with van der Waals surface area (Å²) < 4.78 is 4.53. The van der Waals surface area contributed by atoms with Crippen LogP contribution in [0.25, 0.3) is 0 Å². The van der Waals surface area contributed by atoms with Gasteiger partial charge in [-0.25, -0.2) is 4.79 Å². The Morgan fingerprint density at radius 1 is 1.42 bits per heavy atom. The number of rotatable bonds is 3. The molecule has 1 aliphatic heterocycles. The van der Waals surface area contributed by atoms with Crippen LogP contribution in [0.2, 0.25) is 0 Å². The van der Waals surface area contributed by atoms with Crippen molar-refractivity contribution < 1.29 is 19.4 Å². The number of aliphatic carboxylic acids is 1. The predicted molar refractivity (Wildman–Crippen MR) is 65.9 cm³/mol. The van der Waals surface area contributed by atoms with Gasteiger partial charge in [0, 0.05) is 13.1 Å². The number of carbonyl (C=O) groups is 2. The molecule has 2 heterocycles. The second kappa shape index (κ2) is 4.83. The van der Waals surface area contributed by atoms with E-state index in [4.69, 9.17) is 5.11 Å². The van der Waals surface area contributed by atoms with Crippen LogP contribution in [0.5, 0.6) is 0 Å². The van der Waals surface area contributed by atoms with Gasteiger partial charge in [-0.2, -0.15) is 0 Å². The Morgan fingerprint density at radius 2 is 2.16 bits per heavy atom. The number of carboxylic acid groups (broad SMARTS) is 1. The van der Waals surface area contributed by atoms with Crippen LogP contribution >= 0.6 is 0 Å². The normalized spacial score (nSPS) is 22.3. The number of hydrogen-bond acceptors (Lipinski definition) is 6. The highest BCUT2D eigenvalue weighted by Crippen LogP contribution is 2.32. The fraction of sp³-hybridized carbons (Fsp3) is 0.500. The molecule has 1 aliphatic rings. The Hall–Kier alpha value is -2.18. The summed E-state index contributed by atoms with van der Waals surface area (Å²) in [5, 5.41) is 16.9. The topological polar surface area (TPSA) is 92.6 Å². The Balaban J connectivity index is 2.12. The molecule has 7 heteroatoms. The van der Waals surface area contributed by atoms with E-state index in [1.54, 1.807) is 13.0 Å². The summed E-state index contributed by atoms with van der Waals surface area (Å²) in [6.07, 6.45) is 0.558. The van der Waals surface area contributed by atoms with Gasteiger partial charge in [0.1, 0.15) is 0 Å². The molecule has 1 aromatic rings. The molecule has 0 spiro atoms. The summed E-state index contributed by atoms with van der Waals surface area (Å²) in [7, 11) is 1.27. The number of aromatic nitrogens is 2. The van der Waals surface area contributed by atoms with Crippen LogP contribution in [-0.2, 0) is 9.53 Å². The minimum Gasteiger partial charge on any atom is -0.481 e. The highest BCUT2D eigenvalue weighted by atomic mass is 16.5. The lowest BCUT2D eigenvalue weighted by Crippen LogP contribution is -2.32. The Bertz CT molecular complexity index is 502. The minimum atomic E-state index is -0.811. The Kier molecular flexibility index (Phi) is 3.37. The molecule has 0 aliphatic carbocycles. The molecule has 7 nitrogen and oxygen atoms in total. The number of carbonyl (C=O) groups excluding carboxylic acids is 1. The van der Waals surface area contributed by atoms with Gasteiger partial charge in [0.05, 0.1) is 12.5 Å². The lowest BCUT2D eigenvalue weighted by Gasteiger charge is -2.20. The van der Waals surface area contributed by atoms with Crippen molar-refractivity contribution in [3.8, 4) is 0 Å². The molecular weight excluding hydrogens is 250 g/mol. The standard InChI is InChI=1S/C12H15N3O4/c1-12(11(17)18)5-6-15(7-12)9-4-3-8(13-14-9)10(16)19-2/h3-4H,5-7H2,1-2H3,(H,17,18). The zero-order valence-electron chi connectivity index (χ0n) is 10.8. The highest BCUT2D eigenvalue weighted by molar-refractivity contribution is 5.87. The second-order valence-electron chi connectivity index (χ2n) is 4.81. The molecule has 0 bridgehead atoms. The minimum absolute atomic E-state index is 0.131. The third-order valence-corrected chi connectivity index (χ3v) is 3.36. The van der Waals surface area contributed by atoms with Crippen LogP contribution in [0, 0.1) is 5.41 Å². The molecule has 102 valence electrons. The van der Waals surface area contributed by atoms with E-state index in [-0.39, 0.29) is 5.69 Å². The fourth-order valence-electron chi connectivity index (χ4n) is 2.04. The molecule has 1 saturated heterocycles. The van der Waals surface area contributed by atoms with Gasteiger partial charge in [-0.15, -0.1) is 10.2 Å². The molecule has 1 fully saturated rings. The maximum absolute atomic E-state index is 11.2. The number of hydrogen-bond donors (Lipinski definition) is 1. The summed E-state index contributed by atoms with van der Waals surface area (Å²) in [6, 6.07) is 3.16. The molecule has 1 N–H and O–H groups in total. The van der Waals surface area contributed by atoms with Crippen LogP contribution in [-0.4, -0.2) is 47.4 Å². The van der Waals surface area contributed by atoms with Crippen molar-refractivity contribution in [2.24, 2.45) is 5.41 Å². The van der Waals surface area contributed by atoms with Crippen LogP contribution in [0.3, 0.4) is 0 Å². The summed E-state index contributed by atoms with van der Waals surface area (Å²) >= 11 is 0. The molecule has 0 aromatic carbocycles. The Labute approximate surface area is 110 Å². The third kappa shape index (κ3) is 2.49. The van der Waals surface area contributed by atoms with E-state index in [0.29, 0.717) is 25.3 Å². The van der Waals surface area contributed by atoms with Gasteiger partial charge in [-0.1, -0.05) is 0 Å². The molecular formula is C12H15N3O4. The average molecular weight is 265 g/mol. The van der Waals surface area contributed by atoms with Crippen LogP contribution in [0.15, 0.2) is 12.1 Å². The summed E-state index contributed by atoms with van der Waals surface area (Å²) in [6.45, 7) is 2.70. The number of anilines is 1. The van der Waals surface area contributed by atoms with Crippen molar-refractivity contribution in [2.75, 3.05) is 25.1 Å². The molecule has 0 saturated carbocycles. The first-order valence-corrected chi connectivity index (χ1v) is 5.87.